The Morgan fingerprint density at radius 1 is 1.32 bits per heavy atom. The van der Waals surface area contributed by atoms with E-state index < -0.39 is 9.84 Å². The third-order valence-electron chi connectivity index (χ3n) is 3.73. The fourth-order valence-corrected chi connectivity index (χ4v) is 5.02. The maximum Gasteiger partial charge on any atom is 0.227 e. The summed E-state index contributed by atoms with van der Waals surface area (Å²) in [5.41, 5.74) is 1.09. The minimum atomic E-state index is -3.04. The van der Waals surface area contributed by atoms with Crippen LogP contribution in [0.1, 0.15) is 12.0 Å². The van der Waals surface area contributed by atoms with Gasteiger partial charge >= 0.3 is 0 Å². The van der Waals surface area contributed by atoms with Crippen LogP contribution in [0.15, 0.2) is 24.3 Å². The molecule has 2 heterocycles. The molecule has 0 aliphatic carbocycles. The topological polar surface area (TPSA) is 78.2 Å². The quantitative estimate of drug-likeness (QED) is 0.756. The molecule has 0 N–H and O–H groups in total. The van der Waals surface area contributed by atoms with E-state index in [1.54, 1.807) is 29.2 Å². The van der Waals surface area contributed by atoms with E-state index in [4.69, 9.17) is 5.26 Å². The number of carbonyl (C=O) groups is 1. The van der Waals surface area contributed by atoms with E-state index in [-0.39, 0.29) is 35.8 Å². The third kappa shape index (κ3) is 2.00. The number of nitrogens with zero attached hydrogens (tertiary/aromatic N) is 2. The van der Waals surface area contributed by atoms with Crippen molar-refractivity contribution in [3.63, 3.8) is 0 Å². The number of anilines is 1. The van der Waals surface area contributed by atoms with Crippen molar-refractivity contribution in [1.82, 2.24) is 0 Å². The molecule has 2 fully saturated rings. The van der Waals surface area contributed by atoms with Gasteiger partial charge < -0.3 is 4.90 Å². The summed E-state index contributed by atoms with van der Waals surface area (Å²) in [7, 11) is -3.04. The van der Waals surface area contributed by atoms with Gasteiger partial charge in [0.1, 0.15) is 0 Å². The molecule has 0 spiro atoms. The van der Waals surface area contributed by atoms with Gasteiger partial charge in [-0.15, -0.1) is 0 Å². The number of nitriles is 1. The number of rotatable bonds is 1. The molecule has 2 aliphatic rings. The highest BCUT2D eigenvalue weighted by atomic mass is 32.2. The van der Waals surface area contributed by atoms with Crippen LogP contribution in [0.3, 0.4) is 0 Å². The zero-order chi connectivity index (χ0) is 13.6. The van der Waals surface area contributed by atoms with E-state index in [0.717, 1.165) is 0 Å². The molecule has 0 radical (unpaired) electrons. The zero-order valence-electron chi connectivity index (χ0n) is 10.1. The Labute approximate surface area is 111 Å². The summed E-state index contributed by atoms with van der Waals surface area (Å²) in [5.74, 6) is -0.0406. The van der Waals surface area contributed by atoms with Gasteiger partial charge in [0.05, 0.1) is 29.2 Å². The molecule has 1 aromatic rings. The van der Waals surface area contributed by atoms with Crippen LogP contribution < -0.4 is 4.90 Å². The van der Waals surface area contributed by atoms with Crippen molar-refractivity contribution in [2.75, 3.05) is 16.4 Å². The van der Waals surface area contributed by atoms with Crippen molar-refractivity contribution in [1.29, 1.82) is 5.26 Å². The van der Waals surface area contributed by atoms with Crippen LogP contribution in [-0.2, 0) is 14.6 Å². The van der Waals surface area contributed by atoms with E-state index in [0.29, 0.717) is 11.3 Å². The second kappa shape index (κ2) is 4.07. The molecule has 1 amide bonds. The van der Waals surface area contributed by atoms with Gasteiger partial charge in [-0.2, -0.15) is 5.26 Å². The van der Waals surface area contributed by atoms with Crippen LogP contribution in [0.5, 0.6) is 0 Å². The zero-order valence-corrected chi connectivity index (χ0v) is 10.9. The summed E-state index contributed by atoms with van der Waals surface area (Å²) < 4.78 is 23.3. The van der Waals surface area contributed by atoms with Gasteiger partial charge in [0.15, 0.2) is 9.84 Å². The summed E-state index contributed by atoms with van der Waals surface area (Å²) >= 11 is 0. The van der Waals surface area contributed by atoms with Crippen LogP contribution in [0.25, 0.3) is 0 Å². The first-order valence-corrected chi connectivity index (χ1v) is 7.85. The minimum absolute atomic E-state index is 0.0280. The van der Waals surface area contributed by atoms with E-state index in [1.165, 1.54) is 0 Å². The predicted octanol–water partition coefficient (Wildman–Crippen LogP) is 0.708. The molecular formula is C13H12N2O3S. The molecule has 1 aromatic carbocycles. The van der Waals surface area contributed by atoms with Gasteiger partial charge in [0.2, 0.25) is 5.91 Å². The molecule has 0 unspecified atom stereocenters. The fourth-order valence-electron chi connectivity index (χ4n) is 2.95. The van der Waals surface area contributed by atoms with E-state index in [1.807, 2.05) is 6.07 Å². The molecule has 0 bridgehead atoms. The van der Waals surface area contributed by atoms with Crippen molar-refractivity contribution >= 4 is 21.4 Å². The van der Waals surface area contributed by atoms with Gasteiger partial charge in [0, 0.05) is 18.0 Å². The molecule has 98 valence electrons. The predicted molar refractivity (Wildman–Crippen MR) is 69.2 cm³/mol. The molecule has 2 aliphatic heterocycles. The highest BCUT2D eigenvalue weighted by Gasteiger charge is 2.49. The van der Waals surface area contributed by atoms with Crippen LogP contribution in [0, 0.1) is 17.2 Å². The summed E-state index contributed by atoms with van der Waals surface area (Å²) in [6, 6.07) is 8.49. The average molecular weight is 276 g/mol. The van der Waals surface area contributed by atoms with E-state index >= 15 is 0 Å². The van der Waals surface area contributed by atoms with E-state index in [9.17, 15) is 13.2 Å². The normalized spacial score (nSPS) is 28.2. The number of carbonyl (C=O) groups excluding carboxylic acids is 1. The summed E-state index contributed by atoms with van der Waals surface area (Å²) in [4.78, 5) is 13.6. The summed E-state index contributed by atoms with van der Waals surface area (Å²) in [6.45, 7) is 0. The number of hydrogen-bond donors (Lipinski definition) is 0. The summed E-state index contributed by atoms with van der Waals surface area (Å²) in [5, 5.41) is 8.89. The van der Waals surface area contributed by atoms with Crippen LogP contribution in [-0.4, -0.2) is 31.9 Å². The third-order valence-corrected chi connectivity index (χ3v) is 5.51. The van der Waals surface area contributed by atoms with Gasteiger partial charge in [-0.3, -0.25) is 4.79 Å². The number of hydrogen-bond acceptors (Lipinski definition) is 4. The first-order valence-electron chi connectivity index (χ1n) is 6.03. The lowest BCUT2D eigenvalue weighted by Gasteiger charge is -2.23. The standard InChI is InChI=1S/C13H12N2O3S/c14-6-9-2-1-3-11(4-9)15-12-8-19(17,18)7-10(12)5-13(15)16/h1-4,10,12H,5,7-8H2/t10-,12-/m0/s1. The fraction of sp³-hybridized carbons (Fsp3) is 0.385. The molecule has 5 nitrogen and oxygen atoms in total. The molecule has 0 aromatic heterocycles. The van der Waals surface area contributed by atoms with Gasteiger partial charge in [0.25, 0.3) is 0 Å². The van der Waals surface area contributed by atoms with Crippen molar-refractivity contribution in [2.45, 2.75) is 12.5 Å². The Morgan fingerprint density at radius 2 is 2.11 bits per heavy atom. The second-order valence-corrected chi connectivity index (χ2v) is 7.19. The minimum Gasteiger partial charge on any atom is -0.308 e. The SMILES string of the molecule is N#Cc1cccc(N2C(=O)C[C@H]3CS(=O)(=O)C[C@@H]32)c1. The van der Waals surface area contributed by atoms with Crippen LogP contribution in [0.4, 0.5) is 5.69 Å². The monoisotopic (exact) mass is 276 g/mol. The summed E-state index contributed by atoms with van der Waals surface area (Å²) in [6.07, 6.45) is 0.278. The van der Waals surface area contributed by atoms with E-state index in [2.05, 4.69) is 0 Å². The largest absolute Gasteiger partial charge is 0.308 e. The molecule has 3 rings (SSSR count). The highest BCUT2D eigenvalue weighted by Crippen LogP contribution is 2.37. The number of sulfone groups is 1. The van der Waals surface area contributed by atoms with Crippen LogP contribution in [0.2, 0.25) is 0 Å². The Balaban J connectivity index is 2.00. The maximum atomic E-state index is 12.0. The molecular weight excluding hydrogens is 264 g/mol. The lowest BCUT2D eigenvalue weighted by molar-refractivity contribution is -0.117. The van der Waals surface area contributed by atoms with Crippen molar-refractivity contribution in [3.8, 4) is 6.07 Å². The molecule has 6 heteroatoms. The first-order chi connectivity index (χ1) is 9.00. The van der Waals surface area contributed by atoms with Crippen molar-refractivity contribution in [2.24, 2.45) is 5.92 Å². The van der Waals surface area contributed by atoms with Gasteiger partial charge in [-0.25, -0.2) is 8.42 Å². The number of amides is 1. The molecule has 0 saturated carbocycles. The lowest BCUT2D eigenvalue weighted by Crippen LogP contribution is -2.36. The Kier molecular flexibility index (Phi) is 2.61. The number of benzene rings is 1. The molecule has 19 heavy (non-hydrogen) atoms. The number of fused-ring (bicyclic) bond motifs is 1. The molecule has 2 saturated heterocycles. The average Bonchev–Trinajstić information content (AvgIpc) is 2.79. The molecule has 2 atom stereocenters. The van der Waals surface area contributed by atoms with Crippen LogP contribution >= 0.6 is 0 Å². The Bertz CT molecular complexity index is 690. The smallest absolute Gasteiger partial charge is 0.227 e. The Morgan fingerprint density at radius 3 is 2.84 bits per heavy atom. The van der Waals surface area contributed by atoms with Gasteiger partial charge in [-0.05, 0) is 18.2 Å². The first kappa shape index (κ1) is 12.2. The van der Waals surface area contributed by atoms with Gasteiger partial charge in [-0.1, -0.05) is 6.07 Å². The highest BCUT2D eigenvalue weighted by molar-refractivity contribution is 7.91. The van der Waals surface area contributed by atoms with Crippen molar-refractivity contribution < 1.29 is 13.2 Å². The maximum absolute atomic E-state index is 12.0. The lowest BCUT2D eigenvalue weighted by atomic mass is 10.0. The Hall–Kier alpha value is -1.87. The second-order valence-electron chi connectivity index (χ2n) is 5.03. The van der Waals surface area contributed by atoms with Crippen molar-refractivity contribution in [3.05, 3.63) is 29.8 Å².